The Morgan fingerprint density at radius 1 is 1.53 bits per heavy atom. The van der Waals surface area contributed by atoms with E-state index in [1.807, 2.05) is 0 Å². The lowest BCUT2D eigenvalue weighted by molar-refractivity contribution is -0.385. The van der Waals surface area contributed by atoms with Crippen LogP contribution < -0.4 is 0 Å². The third kappa shape index (κ3) is 2.12. The van der Waals surface area contributed by atoms with Crippen LogP contribution in [0.2, 0.25) is 0 Å². The van der Waals surface area contributed by atoms with Crippen molar-refractivity contribution in [3.63, 3.8) is 0 Å². The summed E-state index contributed by atoms with van der Waals surface area (Å²) < 4.78 is 0. The quantitative estimate of drug-likeness (QED) is 0.560. The van der Waals surface area contributed by atoms with Gasteiger partial charge in [-0.1, -0.05) is 23.4 Å². The number of oxime groups is 1. The first-order chi connectivity index (χ1) is 7.27. The van der Waals surface area contributed by atoms with E-state index in [1.54, 1.807) is 24.4 Å². The van der Waals surface area contributed by atoms with Gasteiger partial charge in [0, 0.05) is 30.7 Å². The maximum Gasteiger partial charge on any atom is 0.272 e. The summed E-state index contributed by atoms with van der Waals surface area (Å²) in [6, 6.07) is 6.71. The smallest absolute Gasteiger partial charge is 0.272 e. The minimum absolute atomic E-state index is 0.0638. The Bertz CT molecular complexity index is 395. The highest BCUT2D eigenvalue weighted by molar-refractivity contribution is 5.58. The Balaban J connectivity index is 2.16. The van der Waals surface area contributed by atoms with Crippen molar-refractivity contribution in [1.82, 2.24) is 0 Å². The molecular formula is C10H10N2O3. The van der Waals surface area contributed by atoms with Crippen LogP contribution in [0.15, 0.2) is 29.4 Å². The predicted molar refractivity (Wildman–Crippen MR) is 54.8 cm³/mol. The summed E-state index contributed by atoms with van der Waals surface area (Å²) in [7, 11) is 0. The normalized spacial score (nSPS) is 18.8. The fourth-order valence-electron chi connectivity index (χ4n) is 1.56. The molecule has 0 aliphatic carbocycles. The van der Waals surface area contributed by atoms with Gasteiger partial charge in [-0.2, -0.15) is 0 Å². The van der Waals surface area contributed by atoms with E-state index in [4.69, 9.17) is 4.84 Å². The molecule has 1 heterocycles. The lowest BCUT2D eigenvalue weighted by atomic mass is 10.0. The largest absolute Gasteiger partial charge is 0.392 e. The Hall–Kier alpha value is -1.91. The molecule has 0 bridgehead atoms. The third-order valence-corrected chi connectivity index (χ3v) is 2.29. The van der Waals surface area contributed by atoms with Gasteiger partial charge in [0.05, 0.1) is 4.92 Å². The van der Waals surface area contributed by atoms with E-state index in [1.165, 1.54) is 6.07 Å². The molecule has 0 N–H and O–H groups in total. The van der Waals surface area contributed by atoms with E-state index in [2.05, 4.69) is 5.16 Å². The highest BCUT2D eigenvalue weighted by Crippen LogP contribution is 2.21. The van der Waals surface area contributed by atoms with Gasteiger partial charge >= 0.3 is 0 Å². The van der Waals surface area contributed by atoms with Gasteiger partial charge in [-0.15, -0.1) is 0 Å². The van der Waals surface area contributed by atoms with Gasteiger partial charge in [0.25, 0.3) is 5.69 Å². The predicted octanol–water partition coefficient (Wildman–Crippen LogP) is 1.91. The maximum absolute atomic E-state index is 10.7. The van der Waals surface area contributed by atoms with Gasteiger partial charge in [0.15, 0.2) is 0 Å². The number of benzene rings is 1. The van der Waals surface area contributed by atoms with Crippen molar-refractivity contribution < 1.29 is 9.76 Å². The average Bonchev–Trinajstić information content (AvgIpc) is 2.71. The van der Waals surface area contributed by atoms with Gasteiger partial charge in [-0.3, -0.25) is 10.1 Å². The number of nitrogens with zero attached hydrogens (tertiary/aromatic N) is 2. The number of nitro benzene ring substituents is 1. The molecule has 0 spiro atoms. The van der Waals surface area contributed by atoms with Crippen LogP contribution in [0.3, 0.4) is 0 Å². The van der Waals surface area contributed by atoms with Crippen molar-refractivity contribution in [3.8, 4) is 0 Å². The molecule has 5 heteroatoms. The second kappa shape index (κ2) is 4.08. The number of para-hydroxylation sites is 1. The second-order valence-corrected chi connectivity index (χ2v) is 3.34. The van der Waals surface area contributed by atoms with Crippen molar-refractivity contribution in [3.05, 3.63) is 39.9 Å². The summed E-state index contributed by atoms with van der Waals surface area (Å²) in [5.74, 6) is 0. The minimum atomic E-state index is -0.370. The standard InChI is InChI=1S/C10H10N2O3/c13-12(14)10-4-2-1-3-8(10)7-9-5-6-11-15-9/h1-4,6,9H,5,7H2. The third-order valence-electron chi connectivity index (χ3n) is 2.29. The van der Waals surface area contributed by atoms with Crippen LogP contribution >= 0.6 is 0 Å². The molecular weight excluding hydrogens is 196 g/mol. The molecule has 5 nitrogen and oxygen atoms in total. The van der Waals surface area contributed by atoms with Crippen LogP contribution in [0.4, 0.5) is 5.69 Å². The first-order valence-electron chi connectivity index (χ1n) is 4.67. The molecule has 1 aromatic carbocycles. The fourth-order valence-corrected chi connectivity index (χ4v) is 1.56. The molecule has 0 radical (unpaired) electrons. The summed E-state index contributed by atoms with van der Waals surface area (Å²) in [5.41, 5.74) is 0.839. The second-order valence-electron chi connectivity index (χ2n) is 3.34. The summed E-state index contributed by atoms with van der Waals surface area (Å²) >= 11 is 0. The zero-order valence-electron chi connectivity index (χ0n) is 8.00. The van der Waals surface area contributed by atoms with Crippen molar-refractivity contribution >= 4 is 11.9 Å². The van der Waals surface area contributed by atoms with E-state index < -0.39 is 0 Å². The van der Waals surface area contributed by atoms with E-state index in [0.717, 1.165) is 0 Å². The number of hydrogen-bond donors (Lipinski definition) is 0. The SMILES string of the molecule is O=[N+]([O-])c1ccccc1CC1CC=NO1. The monoisotopic (exact) mass is 206 g/mol. The first kappa shape index (κ1) is 9.64. The molecule has 15 heavy (non-hydrogen) atoms. The van der Waals surface area contributed by atoms with E-state index in [-0.39, 0.29) is 16.7 Å². The molecule has 0 saturated heterocycles. The van der Waals surface area contributed by atoms with E-state index in [0.29, 0.717) is 18.4 Å². The maximum atomic E-state index is 10.7. The van der Waals surface area contributed by atoms with Gasteiger partial charge in [0.1, 0.15) is 6.10 Å². The lowest BCUT2D eigenvalue weighted by Crippen LogP contribution is -2.10. The van der Waals surface area contributed by atoms with Crippen LogP contribution in [0.25, 0.3) is 0 Å². The van der Waals surface area contributed by atoms with Crippen molar-refractivity contribution in [2.45, 2.75) is 18.9 Å². The minimum Gasteiger partial charge on any atom is -0.392 e. The van der Waals surface area contributed by atoms with Crippen molar-refractivity contribution in [2.24, 2.45) is 5.16 Å². The molecule has 1 aromatic rings. The number of rotatable bonds is 3. The summed E-state index contributed by atoms with van der Waals surface area (Å²) in [6.07, 6.45) is 2.86. The van der Waals surface area contributed by atoms with Gasteiger partial charge in [-0.05, 0) is 0 Å². The topological polar surface area (TPSA) is 64.7 Å². The van der Waals surface area contributed by atoms with E-state index in [9.17, 15) is 10.1 Å². The Kier molecular flexibility index (Phi) is 2.62. The van der Waals surface area contributed by atoms with Crippen LogP contribution in [0, 0.1) is 10.1 Å². The van der Waals surface area contributed by atoms with Crippen LogP contribution in [0.5, 0.6) is 0 Å². The first-order valence-corrected chi connectivity index (χ1v) is 4.67. The van der Waals surface area contributed by atoms with Crippen molar-refractivity contribution in [2.75, 3.05) is 0 Å². The number of hydrogen-bond acceptors (Lipinski definition) is 4. The van der Waals surface area contributed by atoms with Crippen molar-refractivity contribution in [1.29, 1.82) is 0 Å². The van der Waals surface area contributed by atoms with Gasteiger partial charge in [-0.25, -0.2) is 0 Å². The van der Waals surface area contributed by atoms with Crippen LogP contribution in [-0.4, -0.2) is 17.2 Å². The molecule has 0 saturated carbocycles. The van der Waals surface area contributed by atoms with Gasteiger partial charge in [0.2, 0.25) is 0 Å². The molecule has 78 valence electrons. The highest BCUT2D eigenvalue weighted by atomic mass is 16.6. The molecule has 0 aromatic heterocycles. The summed E-state index contributed by atoms with van der Waals surface area (Å²) in [6.45, 7) is 0. The molecule has 1 aliphatic heterocycles. The van der Waals surface area contributed by atoms with Gasteiger partial charge < -0.3 is 4.84 Å². The Morgan fingerprint density at radius 2 is 2.33 bits per heavy atom. The molecule has 1 unspecified atom stereocenters. The van der Waals surface area contributed by atoms with E-state index >= 15 is 0 Å². The summed E-state index contributed by atoms with van der Waals surface area (Å²) in [4.78, 5) is 15.4. The van der Waals surface area contributed by atoms with Crippen LogP contribution in [0.1, 0.15) is 12.0 Å². The molecule has 1 atom stereocenters. The average molecular weight is 206 g/mol. The fraction of sp³-hybridized carbons (Fsp3) is 0.300. The zero-order chi connectivity index (χ0) is 10.7. The molecule has 0 amide bonds. The zero-order valence-corrected chi connectivity index (χ0v) is 8.00. The Morgan fingerprint density at radius 3 is 3.00 bits per heavy atom. The molecule has 2 rings (SSSR count). The number of nitro groups is 1. The molecule has 0 fully saturated rings. The lowest BCUT2D eigenvalue weighted by Gasteiger charge is -2.07. The highest BCUT2D eigenvalue weighted by Gasteiger charge is 2.19. The molecule has 1 aliphatic rings. The Labute approximate surface area is 86.5 Å². The summed E-state index contributed by atoms with van der Waals surface area (Å²) in [5, 5.41) is 14.4. The van der Waals surface area contributed by atoms with Crippen LogP contribution in [-0.2, 0) is 11.3 Å².